The summed E-state index contributed by atoms with van der Waals surface area (Å²) in [6.45, 7) is 4.41. The van der Waals surface area contributed by atoms with Crippen molar-refractivity contribution in [2.75, 3.05) is 26.2 Å². The van der Waals surface area contributed by atoms with E-state index >= 15 is 0 Å². The quantitative estimate of drug-likeness (QED) is 0.906. The minimum absolute atomic E-state index is 0.124. The smallest absolute Gasteiger partial charge is 0.224 e. The van der Waals surface area contributed by atoms with Gasteiger partial charge in [-0.05, 0) is 37.8 Å². The fourth-order valence-corrected chi connectivity index (χ4v) is 3.42. The van der Waals surface area contributed by atoms with Gasteiger partial charge in [-0.25, -0.2) is 0 Å². The molecule has 0 aromatic heterocycles. The first kappa shape index (κ1) is 15.5. The monoisotopic (exact) mass is 302 g/mol. The van der Waals surface area contributed by atoms with Crippen molar-refractivity contribution in [1.29, 1.82) is 0 Å². The van der Waals surface area contributed by atoms with Gasteiger partial charge < -0.3 is 10.1 Å². The molecule has 2 aliphatic heterocycles. The number of hydrogen-bond acceptors (Lipinski definition) is 3. The molecule has 0 saturated carbocycles. The Labute approximate surface area is 132 Å². The van der Waals surface area contributed by atoms with Crippen LogP contribution in [0.25, 0.3) is 0 Å². The minimum atomic E-state index is 0.124. The lowest BCUT2D eigenvalue weighted by Gasteiger charge is -2.32. The lowest BCUT2D eigenvalue weighted by atomic mass is 9.96. The number of rotatable bonds is 5. The number of ether oxygens (including phenoxy) is 1. The average Bonchev–Trinajstić information content (AvgIpc) is 3.07. The van der Waals surface area contributed by atoms with Crippen molar-refractivity contribution in [3.05, 3.63) is 35.9 Å². The Bertz CT molecular complexity index is 471. The number of amides is 1. The first-order valence-corrected chi connectivity index (χ1v) is 8.47. The molecular formula is C18H26N2O2. The van der Waals surface area contributed by atoms with Crippen molar-refractivity contribution in [2.45, 2.75) is 38.3 Å². The van der Waals surface area contributed by atoms with Gasteiger partial charge in [0, 0.05) is 26.2 Å². The number of carbonyl (C=O) groups is 1. The Kier molecular flexibility index (Phi) is 5.46. The average molecular weight is 302 g/mol. The van der Waals surface area contributed by atoms with Crippen LogP contribution in [0.2, 0.25) is 0 Å². The second-order valence-corrected chi connectivity index (χ2v) is 6.44. The second kappa shape index (κ2) is 7.75. The molecule has 4 nitrogen and oxygen atoms in total. The van der Waals surface area contributed by atoms with Gasteiger partial charge in [-0.3, -0.25) is 9.69 Å². The van der Waals surface area contributed by atoms with Crippen LogP contribution in [0.1, 0.15) is 31.2 Å². The Morgan fingerprint density at radius 3 is 2.86 bits per heavy atom. The highest BCUT2D eigenvalue weighted by Gasteiger charge is 2.26. The van der Waals surface area contributed by atoms with Gasteiger partial charge in [0.05, 0.1) is 12.0 Å². The highest BCUT2D eigenvalue weighted by Crippen LogP contribution is 2.19. The lowest BCUT2D eigenvalue weighted by molar-refractivity contribution is -0.127. The third kappa shape index (κ3) is 4.31. The van der Waals surface area contributed by atoms with Crippen molar-refractivity contribution in [2.24, 2.45) is 5.92 Å². The molecule has 2 heterocycles. The number of benzene rings is 1. The Balaban J connectivity index is 1.46. The van der Waals surface area contributed by atoms with Gasteiger partial charge in [-0.15, -0.1) is 0 Å². The third-order valence-electron chi connectivity index (χ3n) is 4.65. The molecule has 22 heavy (non-hydrogen) atoms. The van der Waals surface area contributed by atoms with Gasteiger partial charge in [0.15, 0.2) is 0 Å². The van der Waals surface area contributed by atoms with Gasteiger partial charge in [0.1, 0.15) is 0 Å². The molecule has 0 bridgehead atoms. The highest BCUT2D eigenvalue weighted by molar-refractivity contribution is 5.79. The molecule has 2 fully saturated rings. The van der Waals surface area contributed by atoms with E-state index in [1.807, 2.05) is 6.07 Å². The van der Waals surface area contributed by atoms with E-state index in [0.29, 0.717) is 6.54 Å². The summed E-state index contributed by atoms with van der Waals surface area (Å²) in [4.78, 5) is 14.8. The van der Waals surface area contributed by atoms with E-state index in [-0.39, 0.29) is 17.9 Å². The van der Waals surface area contributed by atoms with Crippen LogP contribution in [0, 0.1) is 5.92 Å². The lowest BCUT2D eigenvalue weighted by Crippen LogP contribution is -2.44. The molecule has 2 aliphatic rings. The van der Waals surface area contributed by atoms with E-state index < -0.39 is 0 Å². The van der Waals surface area contributed by atoms with Crippen LogP contribution in [0.5, 0.6) is 0 Å². The van der Waals surface area contributed by atoms with Gasteiger partial charge in [-0.2, -0.15) is 0 Å². The maximum Gasteiger partial charge on any atom is 0.224 e. The van der Waals surface area contributed by atoms with Crippen LogP contribution in [-0.2, 0) is 16.1 Å². The number of nitrogens with one attached hydrogen (secondary N) is 1. The van der Waals surface area contributed by atoms with E-state index in [0.717, 1.165) is 51.9 Å². The molecular weight excluding hydrogens is 276 g/mol. The topological polar surface area (TPSA) is 41.6 Å². The molecule has 3 rings (SSSR count). The first-order valence-electron chi connectivity index (χ1n) is 8.47. The molecule has 1 N–H and O–H groups in total. The fraction of sp³-hybridized carbons (Fsp3) is 0.611. The molecule has 1 aromatic carbocycles. The molecule has 0 unspecified atom stereocenters. The Morgan fingerprint density at radius 2 is 2.09 bits per heavy atom. The molecule has 1 amide bonds. The Hall–Kier alpha value is -1.39. The zero-order valence-electron chi connectivity index (χ0n) is 13.2. The van der Waals surface area contributed by atoms with Crippen molar-refractivity contribution in [3.8, 4) is 0 Å². The zero-order valence-corrected chi connectivity index (χ0v) is 13.2. The van der Waals surface area contributed by atoms with E-state index in [2.05, 4.69) is 34.5 Å². The van der Waals surface area contributed by atoms with E-state index in [4.69, 9.17) is 4.74 Å². The molecule has 2 saturated heterocycles. The first-order chi connectivity index (χ1) is 10.8. The second-order valence-electron chi connectivity index (χ2n) is 6.44. The van der Waals surface area contributed by atoms with Crippen molar-refractivity contribution in [3.63, 3.8) is 0 Å². The molecule has 0 spiro atoms. The molecule has 120 valence electrons. The van der Waals surface area contributed by atoms with Crippen LogP contribution >= 0.6 is 0 Å². The summed E-state index contributed by atoms with van der Waals surface area (Å²) in [5.74, 6) is 0.326. The number of nitrogens with zero attached hydrogens (tertiary/aromatic N) is 1. The van der Waals surface area contributed by atoms with Crippen LogP contribution in [0.4, 0.5) is 0 Å². The van der Waals surface area contributed by atoms with Gasteiger partial charge in [0.2, 0.25) is 5.91 Å². The molecule has 4 heteroatoms. The van der Waals surface area contributed by atoms with Crippen LogP contribution in [-0.4, -0.2) is 43.2 Å². The highest BCUT2D eigenvalue weighted by atomic mass is 16.5. The minimum Gasteiger partial charge on any atom is -0.376 e. The van der Waals surface area contributed by atoms with Crippen molar-refractivity contribution in [1.82, 2.24) is 10.2 Å². The SMILES string of the molecule is O=C(NC[C@H]1CCCO1)[C@@H]1CCCN(Cc2ccccc2)C1. The third-order valence-corrected chi connectivity index (χ3v) is 4.65. The van der Waals surface area contributed by atoms with Crippen molar-refractivity contribution >= 4 is 5.91 Å². The zero-order chi connectivity index (χ0) is 15.2. The number of carbonyl (C=O) groups excluding carboxylic acids is 1. The molecule has 0 aliphatic carbocycles. The van der Waals surface area contributed by atoms with E-state index in [1.165, 1.54) is 5.56 Å². The summed E-state index contributed by atoms with van der Waals surface area (Å²) in [6, 6.07) is 10.5. The number of hydrogen-bond donors (Lipinski definition) is 1. The van der Waals surface area contributed by atoms with Gasteiger partial charge in [0.25, 0.3) is 0 Å². The molecule has 1 aromatic rings. The van der Waals surface area contributed by atoms with Crippen molar-refractivity contribution < 1.29 is 9.53 Å². The summed E-state index contributed by atoms with van der Waals surface area (Å²) in [5, 5.41) is 3.09. The summed E-state index contributed by atoms with van der Waals surface area (Å²) < 4.78 is 5.57. The van der Waals surface area contributed by atoms with Crippen LogP contribution in [0.3, 0.4) is 0 Å². The largest absolute Gasteiger partial charge is 0.376 e. The molecule has 0 radical (unpaired) electrons. The maximum atomic E-state index is 12.4. The predicted octanol–water partition coefficient (Wildman–Crippen LogP) is 2.19. The summed E-state index contributed by atoms with van der Waals surface area (Å²) in [6.07, 6.45) is 4.53. The van der Waals surface area contributed by atoms with E-state index in [1.54, 1.807) is 0 Å². The molecule has 2 atom stereocenters. The predicted molar refractivity (Wildman–Crippen MR) is 86.4 cm³/mol. The van der Waals surface area contributed by atoms with Gasteiger partial charge >= 0.3 is 0 Å². The fourth-order valence-electron chi connectivity index (χ4n) is 3.42. The normalized spacial score (nSPS) is 26.0. The Morgan fingerprint density at radius 1 is 1.23 bits per heavy atom. The van der Waals surface area contributed by atoms with Gasteiger partial charge in [-0.1, -0.05) is 30.3 Å². The summed E-state index contributed by atoms with van der Waals surface area (Å²) in [7, 11) is 0. The number of likely N-dealkylation sites (tertiary alicyclic amines) is 1. The number of piperidine rings is 1. The van der Waals surface area contributed by atoms with E-state index in [9.17, 15) is 4.79 Å². The summed E-state index contributed by atoms with van der Waals surface area (Å²) >= 11 is 0. The van der Waals surface area contributed by atoms with Crippen LogP contribution in [0.15, 0.2) is 30.3 Å². The standard InChI is InChI=1S/C18H26N2O2/c21-18(19-12-17-9-5-11-22-17)16-8-4-10-20(14-16)13-15-6-2-1-3-7-15/h1-3,6-7,16-17H,4-5,8-14H2,(H,19,21)/t16-,17-/m1/s1. The maximum absolute atomic E-state index is 12.4. The summed E-state index contributed by atoms with van der Waals surface area (Å²) in [5.41, 5.74) is 1.32. The van der Waals surface area contributed by atoms with Crippen LogP contribution < -0.4 is 5.32 Å².